The molecule has 0 aliphatic carbocycles. The van der Waals surface area contributed by atoms with E-state index in [9.17, 15) is 14.9 Å². The highest BCUT2D eigenvalue weighted by molar-refractivity contribution is 6.74. The van der Waals surface area contributed by atoms with Crippen molar-refractivity contribution in [2.24, 2.45) is 0 Å². The number of non-ortho nitro benzene ring substituents is 1. The van der Waals surface area contributed by atoms with Crippen LogP contribution in [0.5, 0.6) is 5.75 Å². The van der Waals surface area contributed by atoms with E-state index >= 15 is 0 Å². The molecule has 0 bridgehead atoms. The first-order valence-electron chi connectivity index (χ1n) is 13.9. The molecule has 0 spiro atoms. The number of ether oxygens (including phenoxy) is 2. The van der Waals surface area contributed by atoms with Gasteiger partial charge in [-0.3, -0.25) is 10.1 Å². The molecule has 1 heterocycles. The Morgan fingerprint density at radius 2 is 1.77 bits per heavy atom. The standard InChI is InChI=1S/C32H38ClN3O6Si/c1-32(2,3)43(5,6)42-30(25-15-20-29(33)34-21-25)28(10-8-7-9-23-11-16-26(17-12-23)36(38)39)35-31(37)41-22-24-13-18-27(40-4)19-14-24/h11-21,28,30H,8,10,22H2,1-6H3,(H,35,37)/t28-,30-/m1/s1. The number of nitro groups is 1. The van der Waals surface area contributed by atoms with Crippen LogP contribution in [0, 0.1) is 22.0 Å². The molecule has 0 fully saturated rings. The number of benzene rings is 2. The minimum atomic E-state index is -2.33. The molecule has 3 rings (SSSR count). The summed E-state index contributed by atoms with van der Waals surface area (Å²) in [6.07, 6.45) is 1.40. The molecule has 2 aromatic carbocycles. The van der Waals surface area contributed by atoms with E-state index in [2.05, 4.69) is 56.0 Å². The van der Waals surface area contributed by atoms with Crippen molar-refractivity contribution in [1.29, 1.82) is 0 Å². The van der Waals surface area contributed by atoms with Crippen molar-refractivity contribution in [1.82, 2.24) is 10.3 Å². The lowest BCUT2D eigenvalue weighted by molar-refractivity contribution is -0.384. The first-order valence-corrected chi connectivity index (χ1v) is 17.2. The lowest BCUT2D eigenvalue weighted by atomic mass is 9.99. The molecule has 11 heteroatoms. The molecule has 0 unspecified atom stereocenters. The van der Waals surface area contributed by atoms with Crippen LogP contribution in [-0.4, -0.2) is 37.5 Å². The number of carbonyl (C=O) groups is 1. The molecule has 2 atom stereocenters. The van der Waals surface area contributed by atoms with Gasteiger partial charge in [-0.1, -0.05) is 62.4 Å². The van der Waals surface area contributed by atoms with Crippen LogP contribution in [0.25, 0.3) is 0 Å². The van der Waals surface area contributed by atoms with E-state index in [1.54, 1.807) is 43.6 Å². The zero-order chi connectivity index (χ0) is 31.6. The number of nitro benzene ring substituents is 1. The molecular weight excluding hydrogens is 586 g/mol. The van der Waals surface area contributed by atoms with Crippen molar-refractivity contribution in [2.75, 3.05) is 7.11 Å². The van der Waals surface area contributed by atoms with Crippen LogP contribution in [-0.2, 0) is 15.8 Å². The number of amides is 1. The number of alkyl carbamates (subject to hydrolysis) is 1. The zero-order valence-electron chi connectivity index (χ0n) is 25.3. The first-order chi connectivity index (χ1) is 20.3. The van der Waals surface area contributed by atoms with Gasteiger partial charge in [0.25, 0.3) is 5.69 Å². The van der Waals surface area contributed by atoms with Crippen molar-refractivity contribution < 1.29 is 23.6 Å². The fraction of sp³-hybridized carbons (Fsp3) is 0.375. The van der Waals surface area contributed by atoms with Gasteiger partial charge >= 0.3 is 6.09 Å². The minimum Gasteiger partial charge on any atom is -0.497 e. The van der Waals surface area contributed by atoms with E-state index in [-0.39, 0.29) is 17.3 Å². The predicted molar refractivity (Wildman–Crippen MR) is 170 cm³/mol. The number of rotatable bonds is 11. The average Bonchev–Trinajstić information content (AvgIpc) is 2.97. The number of aromatic nitrogens is 1. The number of methoxy groups -OCH3 is 1. The summed E-state index contributed by atoms with van der Waals surface area (Å²) in [5.41, 5.74) is 2.26. The lowest BCUT2D eigenvalue weighted by Gasteiger charge is -2.41. The van der Waals surface area contributed by atoms with E-state index in [1.807, 2.05) is 18.2 Å². The Balaban J connectivity index is 1.85. The number of hydrogen-bond donors (Lipinski definition) is 1. The largest absolute Gasteiger partial charge is 0.497 e. The molecule has 9 nitrogen and oxygen atoms in total. The van der Waals surface area contributed by atoms with Crippen LogP contribution < -0.4 is 10.1 Å². The molecule has 0 radical (unpaired) electrons. The Hall–Kier alpha value is -3.91. The highest BCUT2D eigenvalue weighted by Crippen LogP contribution is 2.41. The highest BCUT2D eigenvalue weighted by Gasteiger charge is 2.41. The normalized spacial score (nSPS) is 12.8. The maximum atomic E-state index is 13.1. The van der Waals surface area contributed by atoms with Crippen molar-refractivity contribution >= 4 is 31.7 Å². The summed E-state index contributed by atoms with van der Waals surface area (Å²) >= 11 is 6.10. The smallest absolute Gasteiger partial charge is 0.407 e. The van der Waals surface area contributed by atoms with Gasteiger partial charge in [-0.25, -0.2) is 9.78 Å². The van der Waals surface area contributed by atoms with Crippen LogP contribution in [0.4, 0.5) is 10.5 Å². The third-order valence-corrected chi connectivity index (χ3v) is 12.1. The fourth-order valence-corrected chi connectivity index (χ4v) is 5.25. The fourth-order valence-electron chi connectivity index (χ4n) is 3.85. The van der Waals surface area contributed by atoms with E-state index < -0.39 is 31.5 Å². The second kappa shape index (κ2) is 15.0. The number of carbonyl (C=O) groups excluding carboxylic acids is 1. The number of nitrogens with zero attached hydrogens (tertiary/aromatic N) is 2. The lowest BCUT2D eigenvalue weighted by Crippen LogP contribution is -2.48. The molecule has 3 aromatic rings. The SMILES string of the molecule is COc1ccc(COC(=O)N[C@H](CCC#Cc2ccc([N+](=O)[O-])cc2)[C@H](O[Si](C)(C)C(C)(C)C)c2ccc(Cl)nc2)cc1. The number of nitrogens with one attached hydrogen (secondary N) is 1. The molecule has 0 aliphatic heterocycles. The van der Waals surface area contributed by atoms with Crippen molar-refractivity contribution in [3.63, 3.8) is 0 Å². The van der Waals surface area contributed by atoms with Crippen molar-refractivity contribution in [3.05, 3.63) is 98.8 Å². The topological polar surface area (TPSA) is 113 Å². The summed E-state index contributed by atoms with van der Waals surface area (Å²) in [5.74, 6) is 6.89. The van der Waals surface area contributed by atoms with Gasteiger partial charge in [-0.2, -0.15) is 0 Å². The third kappa shape index (κ3) is 10.1. The Morgan fingerprint density at radius 3 is 2.33 bits per heavy atom. The van der Waals surface area contributed by atoms with Gasteiger partial charge in [0.1, 0.15) is 17.5 Å². The van der Waals surface area contributed by atoms with E-state index in [1.165, 1.54) is 12.1 Å². The van der Waals surface area contributed by atoms with Gasteiger partial charge in [0.05, 0.1) is 24.2 Å². The summed E-state index contributed by atoms with van der Waals surface area (Å²) in [7, 11) is -0.738. The number of halogens is 1. The molecular formula is C32H38ClN3O6Si. The minimum absolute atomic E-state index is 0.00478. The van der Waals surface area contributed by atoms with Crippen molar-refractivity contribution in [2.45, 2.75) is 70.5 Å². The summed E-state index contributed by atoms with van der Waals surface area (Å²) in [4.78, 5) is 27.9. The molecule has 43 heavy (non-hydrogen) atoms. The van der Waals surface area contributed by atoms with E-state index in [0.717, 1.165) is 11.1 Å². The Labute approximate surface area is 259 Å². The van der Waals surface area contributed by atoms with Gasteiger partial charge in [-0.05, 0) is 60.4 Å². The molecule has 1 amide bonds. The van der Waals surface area contributed by atoms with E-state index in [4.69, 9.17) is 25.5 Å². The predicted octanol–water partition coefficient (Wildman–Crippen LogP) is 7.84. The van der Waals surface area contributed by atoms with Crippen LogP contribution in [0.2, 0.25) is 23.3 Å². The van der Waals surface area contributed by atoms with Gasteiger partial charge in [0, 0.05) is 35.9 Å². The maximum Gasteiger partial charge on any atom is 0.407 e. The molecule has 1 aromatic heterocycles. The molecule has 1 N–H and O–H groups in total. The Kier molecular flexibility index (Phi) is 11.7. The van der Waals surface area contributed by atoms with Crippen LogP contribution in [0.1, 0.15) is 56.4 Å². The third-order valence-electron chi connectivity index (χ3n) is 7.40. The summed E-state index contributed by atoms with van der Waals surface area (Å²) in [6, 6.07) is 16.4. The average molecular weight is 624 g/mol. The highest BCUT2D eigenvalue weighted by atomic mass is 35.5. The van der Waals surface area contributed by atoms with Crippen LogP contribution >= 0.6 is 11.6 Å². The Morgan fingerprint density at radius 1 is 1.09 bits per heavy atom. The number of pyridine rings is 1. The second-order valence-electron chi connectivity index (χ2n) is 11.5. The van der Waals surface area contributed by atoms with Crippen LogP contribution in [0.15, 0.2) is 66.9 Å². The van der Waals surface area contributed by atoms with Gasteiger partial charge in [0.2, 0.25) is 0 Å². The molecule has 228 valence electrons. The van der Waals surface area contributed by atoms with Gasteiger partial charge in [0.15, 0.2) is 8.32 Å². The second-order valence-corrected chi connectivity index (χ2v) is 16.7. The summed E-state index contributed by atoms with van der Waals surface area (Å²) in [6.45, 7) is 10.8. The monoisotopic (exact) mass is 623 g/mol. The molecule has 0 saturated carbocycles. The number of hydrogen-bond acceptors (Lipinski definition) is 7. The molecule has 0 aliphatic rings. The van der Waals surface area contributed by atoms with Gasteiger partial charge < -0.3 is 19.2 Å². The van der Waals surface area contributed by atoms with Crippen LogP contribution in [0.3, 0.4) is 0 Å². The molecule has 0 saturated heterocycles. The quantitative estimate of drug-likeness (QED) is 0.0761. The van der Waals surface area contributed by atoms with Gasteiger partial charge in [-0.15, -0.1) is 0 Å². The van der Waals surface area contributed by atoms with Crippen molar-refractivity contribution in [3.8, 4) is 17.6 Å². The first kappa shape index (κ1) is 33.6. The zero-order valence-corrected chi connectivity index (χ0v) is 27.1. The van der Waals surface area contributed by atoms with E-state index in [0.29, 0.717) is 29.3 Å². The Bertz CT molecular complexity index is 1430. The summed E-state index contributed by atoms with van der Waals surface area (Å²) in [5, 5.41) is 14.2. The maximum absolute atomic E-state index is 13.1. The summed E-state index contributed by atoms with van der Waals surface area (Å²) < 4.78 is 17.7.